The third kappa shape index (κ3) is 2.74. The minimum absolute atomic E-state index is 0.285. The van der Waals surface area contributed by atoms with E-state index in [0.29, 0.717) is 6.42 Å². The van der Waals surface area contributed by atoms with Gasteiger partial charge in [-0.15, -0.1) is 0 Å². The van der Waals surface area contributed by atoms with Gasteiger partial charge in [0.05, 0.1) is 13.2 Å². The summed E-state index contributed by atoms with van der Waals surface area (Å²) in [5.74, 6) is 0.867. The second-order valence-corrected chi connectivity index (χ2v) is 3.35. The fourth-order valence-electron chi connectivity index (χ4n) is 1.34. The largest absolute Gasteiger partial charge is 0.497 e. The van der Waals surface area contributed by atoms with Crippen molar-refractivity contribution in [3.8, 4) is 5.75 Å². The molecule has 0 spiro atoms. The van der Waals surface area contributed by atoms with Crippen LogP contribution in [0, 0.1) is 6.92 Å². The molecular weight excluding hydrogens is 164 g/mol. The number of aliphatic hydroxyl groups is 1. The summed E-state index contributed by atoms with van der Waals surface area (Å²) in [5.41, 5.74) is 2.34. The third-order valence-electron chi connectivity index (χ3n) is 2.07. The van der Waals surface area contributed by atoms with Crippen molar-refractivity contribution in [2.75, 3.05) is 7.11 Å². The molecule has 0 aliphatic carbocycles. The van der Waals surface area contributed by atoms with Crippen LogP contribution in [-0.4, -0.2) is 18.3 Å². The highest BCUT2D eigenvalue weighted by Gasteiger charge is 2.03. The lowest BCUT2D eigenvalue weighted by atomic mass is 10.0. The molecule has 0 aliphatic rings. The minimum atomic E-state index is -0.285. The lowest BCUT2D eigenvalue weighted by Gasteiger charge is -2.09. The van der Waals surface area contributed by atoms with Crippen molar-refractivity contribution in [1.82, 2.24) is 0 Å². The molecule has 1 aromatic rings. The lowest BCUT2D eigenvalue weighted by Crippen LogP contribution is -2.05. The summed E-state index contributed by atoms with van der Waals surface area (Å²) in [7, 11) is 1.66. The van der Waals surface area contributed by atoms with Crippen molar-refractivity contribution < 1.29 is 9.84 Å². The molecule has 0 radical (unpaired) electrons. The van der Waals surface area contributed by atoms with E-state index >= 15 is 0 Å². The van der Waals surface area contributed by atoms with Crippen molar-refractivity contribution >= 4 is 0 Å². The standard InChI is InChI=1S/C11H16O2/c1-8-6-11(13-3)5-4-10(8)7-9(2)12/h4-6,9,12H,7H2,1-3H3/t9-/m1/s1. The molecule has 72 valence electrons. The summed E-state index contributed by atoms with van der Waals surface area (Å²) >= 11 is 0. The van der Waals surface area contributed by atoms with Crippen LogP contribution in [0.1, 0.15) is 18.1 Å². The summed E-state index contributed by atoms with van der Waals surface area (Å²) in [5, 5.41) is 9.23. The van der Waals surface area contributed by atoms with Gasteiger partial charge in [-0.2, -0.15) is 0 Å². The van der Waals surface area contributed by atoms with Crippen LogP contribution in [0.2, 0.25) is 0 Å². The zero-order valence-corrected chi connectivity index (χ0v) is 8.37. The maximum absolute atomic E-state index is 9.23. The van der Waals surface area contributed by atoms with Crippen LogP contribution in [-0.2, 0) is 6.42 Å². The van der Waals surface area contributed by atoms with Gasteiger partial charge < -0.3 is 9.84 Å². The first-order valence-electron chi connectivity index (χ1n) is 4.45. The van der Waals surface area contributed by atoms with Gasteiger partial charge in [-0.3, -0.25) is 0 Å². The van der Waals surface area contributed by atoms with Crippen molar-refractivity contribution in [2.45, 2.75) is 26.4 Å². The topological polar surface area (TPSA) is 29.5 Å². The average molecular weight is 180 g/mol. The Morgan fingerprint density at radius 3 is 2.62 bits per heavy atom. The van der Waals surface area contributed by atoms with E-state index in [1.165, 1.54) is 11.1 Å². The van der Waals surface area contributed by atoms with Crippen LogP contribution in [0.25, 0.3) is 0 Å². The highest BCUT2D eigenvalue weighted by molar-refractivity contribution is 5.35. The monoisotopic (exact) mass is 180 g/mol. The normalized spacial score (nSPS) is 12.6. The quantitative estimate of drug-likeness (QED) is 0.770. The molecule has 1 atom stereocenters. The van der Waals surface area contributed by atoms with Crippen LogP contribution in [0.5, 0.6) is 5.75 Å². The van der Waals surface area contributed by atoms with Gasteiger partial charge >= 0.3 is 0 Å². The smallest absolute Gasteiger partial charge is 0.119 e. The first-order chi connectivity index (χ1) is 6.13. The molecule has 0 heterocycles. The highest BCUT2D eigenvalue weighted by Crippen LogP contribution is 2.17. The van der Waals surface area contributed by atoms with Gasteiger partial charge in [-0.05, 0) is 43.5 Å². The molecule has 1 rings (SSSR count). The van der Waals surface area contributed by atoms with E-state index in [1.54, 1.807) is 14.0 Å². The molecule has 13 heavy (non-hydrogen) atoms. The summed E-state index contributed by atoms with van der Waals surface area (Å²) in [4.78, 5) is 0. The van der Waals surface area contributed by atoms with E-state index < -0.39 is 0 Å². The van der Waals surface area contributed by atoms with Gasteiger partial charge in [0.1, 0.15) is 5.75 Å². The van der Waals surface area contributed by atoms with Crippen molar-refractivity contribution in [3.63, 3.8) is 0 Å². The fourth-order valence-corrected chi connectivity index (χ4v) is 1.34. The maximum Gasteiger partial charge on any atom is 0.119 e. The Hall–Kier alpha value is -1.02. The molecule has 0 unspecified atom stereocenters. The number of aliphatic hydroxyl groups excluding tert-OH is 1. The first kappa shape index (κ1) is 10.1. The molecule has 0 saturated carbocycles. The van der Waals surface area contributed by atoms with Crippen LogP contribution in [0.3, 0.4) is 0 Å². The molecule has 0 amide bonds. The molecule has 0 aromatic heterocycles. The van der Waals surface area contributed by atoms with Crippen LogP contribution >= 0.6 is 0 Å². The van der Waals surface area contributed by atoms with Crippen molar-refractivity contribution in [2.24, 2.45) is 0 Å². The first-order valence-corrected chi connectivity index (χ1v) is 4.45. The zero-order chi connectivity index (χ0) is 9.84. The summed E-state index contributed by atoms with van der Waals surface area (Å²) in [6.07, 6.45) is 0.419. The third-order valence-corrected chi connectivity index (χ3v) is 2.07. The van der Waals surface area contributed by atoms with Gasteiger partial charge in [0.15, 0.2) is 0 Å². The van der Waals surface area contributed by atoms with Gasteiger partial charge in [0, 0.05) is 0 Å². The molecule has 2 heteroatoms. The molecule has 0 fully saturated rings. The molecule has 0 saturated heterocycles. The van der Waals surface area contributed by atoms with E-state index in [-0.39, 0.29) is 6.10 Å². The summed E-state index contributed by atoms with van der Waals surface area (Å²) < 4.78 is 5.09. The number of ether oxygens (including phenoxy) is 1. The van der Waals surface area contributed by atoms with E-state index in [4.69, 9.17) is 4.74 Å². The predicted molar refractivity (Wildman–Crippen MR) is 53.1 cm³/mol. The molecule has 1 N–H and O–H groups in total. The number of hydrogen-bond donors (Lipinski definition) is 1. The molecule has 0 bridgehead atoms. The van der Waals surface area contributed by atoms with E-state index in [0.717, 1.165) is 5.75 Å². The number of hydrogen-bond acceptors (Lipinski definition) is 2. The van der Waals surface area contributed by atoms with Gasteiger partial charge in [-0.1, -0.05) is 6.07 Å². The second-order valence-electron chi connectivity index (χ2n) is 3.35. The highest BCUT2D eigenvalue weighted by atomic mass is 16.5. The Labute approximate surface area is 79.2 Å². The van der Waals surface area contributed by atoms with Gasteiger partial charge in [0.2, 0.25) is 0 Å². The van der Waals surface area contributed by atoms with Gasteiger partial charge in [-0.25, -0.2) is 0 Å². The lowest BCUT2D eigenvalue weighted by molar-refractivity contribution is 0.195. The number of methoxy groups -OCH3 is 1. The van der Waals surface area contributed by atoms with Gasteiger partial charge in [0.25, 0.3) is 0 Å². The Balaban J connectivity index is 2.85. The summed E-state index contributed by atoms with van der Waals surface area (Å²) in [6, 6.07) is 5.91. The second kappa shape index (κ2) is 4.28. The Morgan fingerprint density at radius 2 is 2.15 bits per heavy atom. The number of aryl methyl sites for hydroxylation is 1. The van der Waals surface area contributed by atoms with E-state index in [1.807, 2.05) is 25.1 Å². The van der Waals surface area contributed by atoms with Crippen LogP contribution < -0.4 is 4.74 Å². The van der Waals surface area contributed by atoms with E-state index in [9.17, 15) is 5.11 Å². The van der Waals surface area contributed by atoms with Crippen LogP contribution in [0.4, 0.5) is 0 Å². The van der Waals surface area contributed by atoms with Crippen LogP contribution in [0.15, 0.2) is 18.2 Å². The van der Waals surface area contributed by atoms with Crippen molar-refractivity contribution in [1.29, 1.82) is 0 Å². The van der Waals surface area contributed by atoms with Crippen molar-refractivity contribution in [3.05, 3.63) is 29.3 Å². The number of benzene rings is 1. The fraction of sp³-hybridized carbons (Fsp3) is 0.455. The molecule has 0 aliphatic heterocycles. The molecular formula is C11H16O2. The zero-order valence-electron chi connectivity index (χ0n) is 8.37. The molecule has 1 aromatic carbocycles. The SMILES string of the molecule is COc1ccc(C[C@@H](C)O)c(C)c1. The van der Waals surface area contributed by atoms with E-state index in [2.05, 4.69) is 0 Å². The average Bonchev–Trinajstić information content (AvgIpc) is 2.08. The Bertz CT molecular complexity index is 279. The maximum atomic E-state index is 9.23. The Kier molecular flexibility index (Phi) is 3.32. The number of rotatable bonds is 3. The molecule has 2 nitrogen and oxygen atoms in total. The predicted octanol–water partition coefficient (Wildman–Crippen LogP) is 1.93. The Morgan fingerprint density at radius 1 is 1.46 bits per heavy atom. The minimum Gasteiger partial charge on any atom is -0.497 e. The summed E-state index contributed by atoms with van der Waals surface area (Å²) in [6.45, 7) is 3.82.